The number of urea groups is 1. The van der Waals surface area contributed by atoms with Crippen LogP contribution in [-0.2, 0) is 4.79 Å². The molecule has 2 atom stereocenters. The zero-order valence-corrected chi connectivity index (χ0v) is 10.6. The van der Waals surface area contributed by atoms with Gasteiger partial charge in [-0.3, -0.25) is 0 Å². The second kappa shape index (κ2) is 5.43. The van der Waals surface area contributed by atoms with E-state index in [9.17, 15) is 9.59 Å². The van der Waals surface area contributed by atoms with E-state index in [4.69, 9.17) is 5.11 Å². The van der Waals surface area contributed by atoms with E-state index in [0.717, 1.165) is 0 Å². The minimum atomic E-state index is -0.933. The first-order chi connectivity index (χ1) is 7.43. The number of aliphatic carboxylic acids is 1. The SMILES string of the molecule is CC(C)C(C)NC(=O)N1CSCC1C(=O)O. The Labute approximate surface area is 99.6 Å². The number of thioether (sulfide) groups is 1. The number of nitrogens with one attached hydrogen (secondary N) is 1. The number of rotatable bonds is 3. The molecular formula is C10H18N2O3S. The number of hydrogen-bond acceptors (Lipinski definition) is 3. The minimum Gasteiger partial charge on any atom is -0.480 e. The van der Waals surface area contributed by atoms with E-state index in [1.165, 1.54) is 16.7 Å². The first-order valence-electron chi connectivity index (χ1n) is 5.31. The first kappa shape index (κ1) is 13.2. The second-order valence-corrected chi connectivity index (χ2v) is 5.31. The second-order valence-electron chi connectivity index (χ2n) is 4.31. The highest BCUT2D eigenvalue weighted by molar-refractivity contribution is 7.99. The average Bonchev–Trinajstić information content (AvgIpc) is 2.65. The fraction of sp³-hybridized carbons (Fsp3) is 0.800. The maximum absolute atomic E-state index is 11.8. The van der Waals surface area contributed by atoms with Gasteiger partial charge in [0.25, 0.3) is 0 Å². The Morgan fingerprint density at radius 2 is 2.06 bits per heavy atom. The Kier molecular flexibility index (Phi) is 4.46. The summed E-state index contributed by atoms with van der Waals surface area (Å²) in [4.78, 5) is 24.1. The summed E-state index contributed by atoms with van der Waals surface area (Å²) in [6, 6.07) is -0.921. The third-order valence-electron chi connectivity index (χ3n) is 2.78. The van der Waals surface area contributed by atoms with Crippen molar-refractivity contribution >= 4 is 23.8 Å². The van der Waals surface area contributed by atoms with Gasteiger partial charge >= 0.3 is 12.0 Å². The van der Waals surface area contributed by atoms with Crippen molar-refractivity contribution in [2.45, 2.75) is 32.9 Å². The van der Waals surface area contributed by atoms with Gasteiger partial charge in [0.1, 0.15) is 6.04 Å². The van der Waals surface area contributed by atoms with E-state index in [1.54, 1.807) is 0 Å². The monoisotopic (exact) mass is 246 g/mol. The molecule has 2 unspecified atom stereocenters. The van der Waals surface area contributed by atoms with Gasteiger partial charge in [-0.25, -0.2) is 9.59 Å². The Morgan fingerprint density at radius 1 is 1.44 bits per heavy atom. The van der Waals surface area contributed by atoms with Gasteiger partial charge < -0.3 is 15.3 Å². The van der Waals surface area contributed by atoms with E-state index >= 15 is 0 Å². The summed E-state index contributed by atoms with van der Waals surface area (Å²) in [6.45, 7) is 5.94. The van der Waals surface area contributed by atoms with Gasteiger partial charge in [-0.1, -0.05) is 13.8 Å². The molecule has 0 aliphatic carbocycles. The lowest BCUT2D eigenvalue weighted by molar-refractivity contribution is -0.140. The van der Waals surface area contributed by atoms with Crippen LogP contribution in [0.25, 0.3) is 0 Å². The molecule has 1 aliphatic rings. The lowest BCUT2D eigenvalue weighted by Crippen LogP contribution is -2.50. The number of carboxylic acid groups (broad SMARTS) is 1. The molecule has 2 amide bonds. The molecule has 1 heterocycles. The first-order valence-corrected chi connectivity index (χ1v) is 6.46. The molecule has 2 N–H and O–H groups in total. The van der Waals surface area contributed by atoms with Gasteiger partial charge in [0.15, 0.2) is 0 Å². The molecule has 5 nitrogen and oxygen atoms in total. The molecule has 1 aliphatic heterocycles. The van der Waals surface area contributed by atoms with E-state index in [-0.39, 0.29) is 12.1 Å². The summed E-state index contributed by atoms with van der Waals surface area (Å²) in [5, 5.41) is 11.8. The predicted molar refractivity (Wildman–Crippen MR) is 63.4 cm³/mol. The van der Waals surface area contributed by atoms with Crippen LogP contribution < -0.4 is 5.32 Å². The average molecular weight is 246 g/mol. The van der Waals surface area contributed by atoms with Crippen molar-refractivity contribution < 1.29 is 14.7 Å². The molecule has 92 valence electrons. The lowest BCUT2D eigenvalue weighted by atomic mass is 10.1. The maximum Gasteiger partial charge on any atom is 0.327 e. The van der Waals surface area contributed by atoms with Crippen LogP contribution in [0.2, 0.25) is 0 Å². The fourth-order valence-electron chi connectivity index (χ4n) is 1.29. The number of carboxylic acids is 1. The van der Waals surface area contributed by atoms with Gasteiger partial charge in [-0.15, -0.1) is 11.8 Å². The summed E-state index contributed by atoms with van der Waals surface area (Å²) in [5.74, 6) is 0.326. The van der Waals surface area contributed by atoms with Crippen molar-refractivity contribution in [2.24, 2.45) is 5.92 Å². The van der Waals surface area contributed by atoms with Gasteiger partial charge in [-0.05, 0) is 12.8 Å². The quantitative estimate of drug-likeness (QED) is 0.785. The third-order valence-corrected chi connectivity index (χ3v) is 3.79. The Balaban J connectivity index is 2.56. The van der Waals surface area contributed by atoms with E-state index < -0.39 is 12.0 Å². The van der Waals surface area contributed by atoms with Crippen LogP contribution in [0.5, 0.6) is 0 Å². The van der Waals surface area contributed by atoms with Crippen molar-refractivity contribution in [1.82, 2.24) is 10.2 Å². The molecule has 0 spiro atoms. The highest BCUT2D eigenvalue weighted by Crippen LogP contribution is 2.21. The standard InChI is InChI=1S/C10H18N2O3S/c1-6(2)7(3)11-10(15)12-5-16-4-8(12)9(13)14/h6-8H,4-5H2,1-3H3,(H,11,15)(H,13,14). The van der Waals surface area contributed by atoms with Crippen LogP contribution in [0.1, 0.15) is 20.8 Å². The van der Waals surface area contributed by atoms with Crippen molar-refractivity contribution in [2.75, 3.05) is 11.6 Å². The number of hydrogen-bond donors (Lipinski definition) is 2. The molecule has 16 heavy (non-hydrogen) atoms. The number of nitrogens with zero attached hydrogens (tertiary/aromatic N) is 1. The van der Waals surface area contributed by atoms with Gasteiger partial charge in [0, 0.05) is 11.8 Å². The Hall–Kier alpha value is -0.910. The Morgan fingerprint density at radius 3 is 2.56 bits per heavy atom. The molecule has 0 saturated carbocycles. The topological polar surface area (TPSA) is 69.6 Å². The molecule has 0 aromatic carbocycles. The fourth-order valence-corrected chi connectivity index (χ4v) is 2.44. The molecule has 1 saturated heterocycles. The van der Waals surface area contributed by atoms with Gasteiger partial charge in [0.05, 0.1) is 5.88 Å². The third kappa shape index (κ3) is 3.04. The smallest absolute Gasteiger partial charge is 0.327 e. The molecule has 6 heteroatoms. The molecule has 1 fully saturated rings. The summed E-state index contributed by atoms with van der Waals surface area (Å²) in [7, 11) is 0. The zero-order chi connectivity index (χ0) is 12.3. The van der Waals surface area contributed by atoms with E-state index in [1.807, 2.05) is 20.8 Å². The van der Waals surface area contributed by atoms with Crippen molar-refractivity contribution in [3.05, 3.63) is 0 Å². The molecule has 0 aromatic rings. The minimum absolute atomic E-state index is 0.0487. The van der Waals surface area contributed by atoms with Crippen LogP contribution in [0.15, 0.2) is 0 Å². The van der Waals surface area contributed by atoms with Gasteiger partial charge in [0.2, 0.25) is 0 Å². The highest BCUT2D eigenvalue weighted by atomic mass is 32.2. The van der Waals surface area contributed by atoms with Crippen LogP contribution in [0, 0.1) is 5.92 Å². The molecule has 1 rings (SSSR count). The molecular weight excluding hydrogens is 228 g/mol. The molecule has 0 bridgehead atoms. The summed E-state index contributed by atoms with van der Waals surface area (Å²) in [6.07, 6.45) is 0. The van der Waals surface area contributed by atoms with Crippen LogP contribution in [-0.4, -0.2) is 45.7 Å². The number of carbonyl (C=O) groups excluding carboxylic acids is 1. The predicted octanol–water partition coefficient (Wildman–Crippen LogP) is 1.20. The zero-order valence-electron chi connectivity index (χ0n) is 9.77. The summed E-state index contributed by atoms with van der Waals surface area (Å²) >= 11 is 1.47. The van der Waals surface area contributed by atoms with Crippen LogP contribution >= 0.6 is 11.8 Å². The number of carbonyl (C=O) groups is 2. The maximum atomic E-state index is 11.8. The summed E-state index contributed by atoms with van der Waals surface area (Å²) < 4.78 is 0. The summed E-state index contributed by atoms with van der Waals surface area (Å²) in [5.41, 5.74) is 0. The largest absolute Gasteiger partial charge is 0.480 e. The number of amides is 2. The van der Waals surface area contributed by atoms with Crippen molar-refractivity contribution in [3.63, 3.8) is 0 Å². The molecule has 0 aromatic heterocycles. The van der Waals surface area contributed by atoms with Gasteiger partial charge in [-0.2, -0.15) is 0 Å². The van der Waals surface area contributed by atoms with E-state index in [2.05, 4.69) is 5.32 Å². The Bertz CT molecular complexity index is 283. The normalized spacial score (nSPS) is 22.2. The highest BCUT2D eigenvalue weighted by Gasteiger charge is 2.35. The van der Waals surface area contributed by atoms with Crippen molar-refractivity contribution in [1.29, 1.82) is 0 Å². The lowest BCUT2D eigenvalue weighted by Gasteiger charge is -2.25. The molecule has 0 radical (unpaired) electrons. The van der Waals surface area contributed by atoms with Crippen LogP contribution in [0.3, 0.4) is 0 Å². The van der Waals surface area contributed by atoms with Crippen molar-refractivity contribution in [3.8, 4) is 0 Å². The van der Waals surface area contributed by atoms with E-state index in [0.29, 0.717) is 17.5 Å². The van der Waals surface area contributed by atoms with Crippen LogP contribution in [0.4, 0.5) is 4.79 Å².